The van der Waals surface area contributed by atoms with Crippen molar-refractivity contribution in [2.75, 3.05) is 7.05 Å². The lowest BCUT2D eigenvalue weighted by Gasteiger charge is -2.14. The van der Waals surface area contributed by atoms with Gasteiger partial charge in [0.2, 0.25) is 0 Å². The van der Waals surface area contributed by atoms with E-state index in [-0.39, 0.29) is 0 Å². The number of hydrogen-bond acceptors (Lipinski definition) is 1. The number of nitrogens with one attached hydrogen (secondary N) is 1. The average molecular weight is 267 g/mol. The zero-order valence-electron chi connectivity index (χ0n) is 13.2. The first-order valence-corrected chi connectivity index (χ1v) is 7.38. The molecule has 106 valence electrons. The SMILES string of the molecule is CNCc1c(C)cc(-c2cccc(C(C)C)c2)cc1C. The van der Waals surface area contributed by atoms with Crippen molar-refractivity contribution in [3.8, 4) is 11.1 Å². The molecule has 0 heterocycles. The van der Waals surface area contributed by atoms with Gasteiger partial charge in [-0.05, 0) is 60.2 Å². The minimum absolute atomic E-state index is 0.570. The van der Waals surface area contributed by atoms with Crippen LogP contribution < -0.4 is 5.32 Å². The lowest BCUT2D eigenvalue weighted by atomic mass is 9.93. The molecule has 1 heteroatoms. The van der Waals surface area contributed by atoms with E-state index in [2.05, 4.69) is 69.4 Å². The predicted molar refractivity (Wildman–Crippen MR) is 88.2 cm³/mol. The topological polar surface area (TPSA) is 12.0 Å². The van der Waals surface area contributed by atoms with Crippen molar-refractivity contribution < 1.29 is 0 Å². The molecule has 1 N–H and O–H groups in total. The van der Waals surface area contributed by atoms with Crippen molar-refractivity contribution in [1.82, 2.24) is 5.32 Å². The van der Waals surface area contributed by atoms with Gasteiger partial charge in [0.05, 0.1) is 0 Å². The summed E-state index contributed by atoms with van der Waals surface area (Å²) in [6, 6.07) is 13.5. The Morgan fingerprint density at radius 2 is 1.60 bits per heavy atom. The largest absolute Gasteiger partial charge is 0.316 e. The highest BCUT2D eigenvalue weighted by Gasteiger charge is 2.07. The Hall–Kier alpha value is -1.60. The van der Waals surface area contributed by atoms with Gasteiger partial charge in [-0.25, -0.2) is 0 Å². The van der Waals surface area contributed by atoms with Crippen molar-refractivity contribution in [3.63, 3.8) is 0 Å². The molecule has 0 aromatic heterocycles. The van der Waals surface area contributed by atoms with E-state index in [0.717, 1.165) is 6.54 Å². The maximum absolute atomic E-state index is 3.25. The van der Waals surface area contributed by atoms with Crippen molar-refractivity contribution in [2.24, 2.45) is 0 Å². The van der Waals surface area contributed by atoms with Crippen LogP contribution in [0.25, 0.3) is 11.1 Å². The molecule has 0 bridgehead atoms. The van der Waals surface area contributed by atoms with Gasteiger partial charge in [-0.3, -0.25) is 0 Å². The molecule has 1 nitrogen and oxygen atoms in total. The van der Waals surface area contributed by atoms with Crippen LogP contribution in [0.15, 0.2) is 36.4 Å². The molecule has 2 aromatic carbocycles. The number of rotatable bonds is 4. The molecule has 2 aromatic rings. The van der Waals surface area contributed by atoms with Crippen LogP contribution in [0.5, 0.6) is 0 Å². The van der Waals surface area contributed by atoms with E-state index in [1.807, 2.05) is 7.05 Å². The van der Waals surface area contributed by atoms with Crippen LogP contribution in [0.2, 0.25) is 0 Å². The third-order valence-corrected chi connectivity index (χ3v) is 3.94. The molecule has 20 heavy (non-hydrogen) atoms. The summed E-state index contributed by atoms with van der Waals surface area (Å²) in [5.74, 6) is 0.570. The van der Waals surface area contributed by atoms with Crippen LogP contribution in [0.4, 0.5) is 0 Å². The van der Waals surface area contributed by atoms with Crippen molar-refractivity contribution >= 4 is 0 Å². The molecule has 0 saturated carbocycles. The third kappa shape index (κ3) is 3.10. The number of benzene rings is 2. The van der Waals surface area contributed by atoms with Crippen LogP contribution >= 0.6 is 0 Å². The molecule has 2 rings (SSSR count). The van der Waals surface area contributed by atoms with Crippen molar-refractivity contribution in [1.29, 1.82) is 0 Å². The quantitative estimate of drug-likeness (QED) is 0.838. The lowest BCUT2D eigenvalue weighted by molar-refractivity contribution is 0.806. The van der Waals surface area contributed by atoms with Crippen LogP contribution in [-0.4, -0.2) is 7.05 Å². The summed E-state index contributed by atoms with van der Waals surface area (Å²) in [6.45, 7) is 9.83. The van der Waals surface area contributed by atoms with Gasteiger partial charge in [-0.15, -0.1) is 0 Å². The minimum Gasteiger partial charge on any atom is -0.316 e. The molecule has 0 aliphatic heterocycles. The number of aryl methyl sites for hydroxylation is 2. The Balaban J connectivity index is 2.46. The first-order chi connectivity index (χ1) is 9.52. The fourth-order valence-electron chi connectivity index (χ4n) is 2.69. The van der Waals surface area contributed by atoms with E-state index in [0.29, 0.717) is 5.92 Å². The van der Waals surface area contributed by atoms with E-state index in [1.54, 1.807) is 0 Å². The fourth-order valence-corrected chi connectivity index (χ4v) is 2.69. The Morgan fingerprint density at radius 3 is 2.15 bits per heavy atom. The summed E-state index contributed by atoms with van der Waals surface area (Å²) in [5.41, 5.74) is 8.18. The summed E-state index contributed by atoms with van der Waals surface area (Å²) < 4.78 is 0. The van der Waals surface area contributed by atoms with E-state index in [9.17, 15) is 0 Å². The fraction of sp³-hybridized carbons (Fsp3) is 0.368. The molecular formula is C19H25N. The van der Waals surface area contributed by atoms with Gasteiger partial charge < -0.3 is 5.32 Å². The highest BCUT2D eigenvalue weighted by Crippen LogP contribution is 2.27. The highest BCUT2D eigenvalue weighted by molar-refractivity contribution is 5.67. The van der Waals surface area contributed by atoms with Crippen LogP contribution in [0, 0.1) is 13.8 Å². The Labute approximate surface area is 123 Å². The van der Waals surface area contributed by atoms with Crippen molar-refractivity contribution in [3.05, 3.63) is 58.7 Å². The molecule has 0 radical (unpaired) electrons. The highest BCUT2D eigenvalue weighted by atomic mass is 14.8. The van der Waals surface area contributed by atoms with E-state index in [1.165, 1.54) is 33.4 Å². The van der Waals surface area contributed by atoms with Gasteiger partial charge >= 0.3 is 0 Å². The summed E-state index contributed by atoms with van der Waals surface area (Å²) in [6.07, 6.45) is 0. The van der Waals surface area contributed by atoms with E-state index >= 15 is 0 Å². The molecule has 0 fully saturated rings. The first kappa shape index (κ1) is 14.8. The van der Waals surface area contributed by atoms with E-state index < -0.39 is 0 Å². The van der Waals surface area contributed by atoms with Gasteiger partial charge in [0.1, 0.15) is 0 Å². The molecule has 0 amide bonds. The van der Waals surface area contributed by atoms with Crippen molar-refractivity contribution in [2.45, 2.75) is 40.2 Å². The van der Waals surface area contributed by atoms with Gasteiger partial charge in [0.15, 0.2) is 0 Å². The maximum atomic E-state index is 3.25. The standard InChI is InChI=1S/C19H25N/c1-13(2)16-7-6-8-17(11-16)18-9-14(3)19(12-20-5)15(4)10-18/h6-11,13,20H,12H2,1-5H3. The molecule has 0 atom stereocenters. The smallest absolute Gasteiger partial charge is 0.0207 e. The molecule has 0 spiro atoms. The normalized spacial score (nSPS) is 11.1. The molecular weight excluding hydrogens is 242 g/mol. The van der Waals surface area contributed by atoms with Crippen LogP contribution in [-0.2, 0) is 6.54 Å². The second-order valence-electron chi connectivity index (χ2n) is 5.90. The van der Waals surface area contributed by atoms with Crippen LogP contribution in [0.1, 0.15) is 42.0 Å². The molecule has 0 saturated heterocycles. The van der Waals surface area contributed by atoms with Gasteiger partial charge in [0, 0.05) is 6.54 Å². The lowest BCUT2D eigenvalue weighted by Crippen LogP contribution is -2.08. The number of hydrogen-bond donors (Lipinski definition) is 1. The Morgan fingerprint density at radius 1 is 0.950 bits per heavy atom. The van der Waals surface area contributed by atoms with Gasteiger partial charge in [-0.2, -0.15) is 0 Å². The minimum atomic E-state index is 0.570. The summed E-state index contributed by atoms with van der Waals surface area (Å²) in [7, 11) is 2.00. The van der Waals surface area contributed by atoms with Gasteiger partial charge in [-0.1, -0.05) is 50.2 Å². The zero-order chi connectivity index (χ0) is 14.7. The second-order valence-corrected chi connectivity index (χ2v) is 5.90. The average Bonchev–Trinajstić information content (AvgIpc) is 2.42. The first-order valence-electron chi connectivity index (χ1n) is 7.38. The molecule has 0 unspecified atom stereocenters. The van der Waals surface area contributed by atoms with E-state index in [4.69, 9.17) is 0 Å². The monoisotopic (exact) mass is 267 g/mol. The zero-order valence-corrected chi connectivity index (χ0v) is 13.2. The molecule has 0 aliphatic rings. The Kier molecular flexibility index (Phi) is 4.61. The molecule has 0 aliphatic carbocycles. The Bertz CT molecular complexity index is 573. The van der Waals surface area contributed by atoms with Gasteiger partial charge in [0.25, 0.3) is 0 Å². The summed E-state index contributed by atoms with van der Waals surface area (Å²) in [5, 5.41) is 3.25. The third-order valence-electron chi connectivity index (χ3n) is 3.94. The van der Waals surface area contributed by atoms with Crippen LogP contribution in [0.3, 0.4) is 0 Å². The summed E-state index contributed by atoms with van der Waals surface area (Å²) >= 11 is 0. The predicted octanol–water partition coefficient (Wildman–Crippen LogP) is 4.81. The maximum Gasteiger partial charge on any atom is 0.0207 e. The summed E-state index contributed by atoms with van der Waals surface area (Å²) in [4.78, 5) is 0. The second kappa shape index (κ2) is 6.23.